The number of hydrogen-bond acceptors (Lipinski definition) is 3. The Balaban J connectivity index is 2.08. The molecule has 0 amide bonds. The maximum absolute atomic E-state index is 13.9. The van der Waals surface area contributed by atoms with Gasteiger partial charge in [0.1, 0.15) is 17.4 Å². The van der Waals surface area contributed by atoms with E-state index in [1.165, 1.54) is 29.0 Å². The second kappa shape index (κ2) is 7.36. The van der Waals surface area contributed by atoms with Gasteiger partial charge in [0.05, 0.1) is 24.4 Å². The number of nitrogens with zero attached hydrogens (tertiary/aromatic N) is 2. The Morgan fingerprint density at radius 3 is 2.56 bits per heavy atom. The summed E-state index contributed by atoms with van der Waals surface area (Å²) in [6.45, 7) is -0.388. The summed E-state index contributed by atoms with van der Waals surface area (Å²) in [6.07, 6.45) is -1.96. The van der Waals surface area contributed by atoms with E-state index in [4.69, 9.17) is 5.11 Å². The molecule has 142 valence electrons. The third kappa shape index (κ3) is 4.43. The Labute approximate surface area is 150 Å². The van der Waals surface area contributed by atoms with Crippen molar-refractivity contribution in [2.24, 2.45) is 0 Å². The number of alkyl halides is 3. The maximum atomic E-state index is 13.9. The highest BCUT2D eigenvalue weighted by molar-refractivity contribution is 5.88. The summed E-state index contributed by atoms with van der Waals surface area (Å²) in [5.41, 5.74) is 0.749. The van der Waals surface area contributed by atoms with Crippen molar-refractivity contribution < 1.29 is 31.8 Å². The van der Waals surface area contributed by atoms with Crippen LogP contribution >= 0.6 is 0 Å². The molecule has 0 unspecified atom stereocenters. The summed E-state index contributed by atoms with van der Waals surface area (Å²) < 4.78 is 69.7. The summed E-state index contributed by atoms with van der Waals surface area (Å²) >= 11 is 0. The molecule has 0 saturated carbocycles. The van der Waals surface area contributed by atoms with Crippen LogP contribution in [0.5, 0.6) is 5.75 Å². The van der Waals surface area contributed by atoms with Crippen molar-refractivity contribution in [3.05, 3.63) is 65.4 Å². The summed E-state index contributed by atoms with van der Waals surface area (Å²) in [7, 11) is 0. The number of rotatable bonds is 5. The van der Waals surface area contributed by atoms with E-state index in [-0.39, 0.29) is 24.2 Å². The number of aliphatic hydroxyl groups excluding tert-OH is 1. The summed E-state index contributed by atoms with van der Waals surface area (Å²) in [5.74, 6) is -1.99. The molecule has 0 atom stereocenters. The van der Waals surface area contributed by atoms with Gasteiger partial charge in [-0.25, -0.2) is 8.78 Å². The normalized spacial score (nSPS) is 12.2. The largest absolute Gasteiger partial charge is 0.573 e. The van der Waals surface area contributed by atoms with E-state index in [0.29, 0.717) is 17.1 Å². The van der Waals surface area contributed by atoms with Crippen LogP contribution in [0, 0.1) is 11.6 Å². The van der Waals surface area contributed by atoms with Gasteiger partial charge < -0.3 is 9.84 Å². The quantitative estimate of drug-likeness (QED) is 0.669. The van der Waals surface area contributed by atoms with Crippen molar-refractivity contribution in [3.63, 3.8) is 0 Å². The molecule has 1 N–H and O–H groups in total. The monoisotopic (exact) mass is 384 g/mol. The Hall–Kier alpha value is -2.94. The van der Waals surface area contributed by atoms with Crippen molar-refractivity contribution >= 4 is 17.0 Å². The average molecular weight is 384 g/mol. The molecule has 3 rings (SSSR count). The van der Waals surface area contributed by atoms with Crippen molar-refractivity contribution in [1.29, 1.82) is 0 Å². The van der Waals surface area contributed by atoms with Gasteiger partial charge in [0.2, 0.25) is 0 Å². The minimum Gasteiger partial charge on any atom is -0.406 e. The van der Waals surface area contributed by atoms with Gasteiger partial charge in [0.25, 0.3) is 0 Å². The fourth-order valence-corrected chi connectivity index (χ4v) is 2.60. The van der Waals surface area contributed by atoms with E-state index >= 15 is 0 Å². The van der Waals surface area contributed by atoms with E-state index < -0.39 is 23.7 Å². The predicted octanol–water partition coefficient (Wildman–Crippen LogP) is 4.27. The summed E-state index contributed by atoms with van der Waals surface area (Å²) in [5, 5.41) is 13.7. The molecular weight excluding hydrogens is 371 g/mol. The second-order valence-electron chi connectivity index (χ2n) is 5.59. The molecule has 0 spiro atoms. The van der Waals surface area contributed by atoms with Crippen molar-refractivity contribution in [2.45, 2.75) is 12.9 Å². The lowest BCUT2D eigenvalue weighted by molar-refractivity contribution is -0.274. The van der Waals surface area contributed by atoms with Crippen LogP contribution in [0.1, 0.15) is 11.3 Å². The van der Waals surface area contributed by atoms with Gasteiger partial charge in [0, 0.05) is 23.1 Å². The molecule has 0 aliphatic rings. The van der Waals surface area contributed by atoms with Crippen molar-refractivity contribution in [2.75, 3.05) is 6.61 Å². The molecule has 1 heterocycles. The lowest BCUT2D eigenvalue weighted by atomic mass is 10.1. The highest BCUT2D eigenvalue weighted by Crippen LogP contribution is 2.29. The number of halogens is 5. The Morgan fingerprint density at radius 2 is 1.89 bits per heavy atom. The highest BCUT2D eigenvalue weighted by Gasteiger charge is 2.31. The summed E-state index contributed by atoms with van der Waals surface area (Å²) in [6, 6.07) is 6.68. The molecule has 1 aromatic heterocycles. The first kappa shape index (κ1) is 18.8. The lowest BCUT2D eigenvalue weighted by Crippen LogP contribution is -2.17. The topological polar surface area (TPSA) is 47.3 Å². The predicted molar refractivity (Wildman–Crippen MR) is 88.0 cm³/mol. The van der Waals surface area contributed by atoms with Crippen LogP contribution in [0.15, 0.2) is 42.5 Å². The van der Waals surface area contributed by atoms with E-state index in [2.05, 4.69) is 9.84 Å². The molecule has 0 bridgehead atoms. The number of hydrogen-bond donors (Lipinski definition) is 1. The molecule has 2 aromatic carbocycles. The number of fused-ring (bicyclic) bond motifs is 1. The van der Waals surface area contributed by atoms with Gasteiger partial charge in [-0.3, -0.25) is 4.68 Å². The van der Waals surface area contributed by atoms with Crippen LogP contribution in [-0.4, -0.2) is 27.9 Å². The molecule has 9 heteroatoms. The second-order valence-corrected chi connectivity index (χ2v) is 5.59. The van der Waals surface area contributed by atoms with Crippen LogP contribution < -0.4 is 4.74 Å². The van der Waals surface area contributed by atoms with Crippen LogP contribution in [0.25, 0.3) is 17.0 Å². The lowest BCUT2D eigenvalue weighted by Gasteiger charge is -2.10. The fourth-order valence-electron chi connectivity index (χ4n) is 2.60. The molecule has 27 heavy (non-hydrogen) atoms. The Kier molecular flexibility index (Phi) is 5.13. The minimum absolute atomic E-state index is 0.112. The standard InChI is InChI=1S/C18H13F5N2O2/c19-12-4-3-11(15(20)8-12)10-25-17-9-13(27-18(21,22)23)5-6-14(17)16(24-25)2-1-7-26/h1-6,8-9,26H,7,10H2/b2-1+. The first-order chi connectivity index (χ1) is 12.8. The van der Waals surface area contributed by atoms with E-state index in [1.807, 2.05) is 0 Å². The molecular formula is C18H13F5N2O2. The van der Waals surface area contributed by atoms with Gasteiger partial charge in [-0.05, 0) is 24.3 Å². The third-order valence-corrected chi connectivity index (χ3v) is 3.70. The zero-order valence-electron chi connectivity index (χ0n) is 13.7. The smallest absolute Gasteiger partial charge is 0.406 e. The molecule has 0 saturated heterocycles. The summed E-state index contributed by atoms with van der Waals surface area (Å²) in [4.78, 5) is 0. The molecule has 0 aliphatic heterocycles. The van der Waals surface area contributed by atoms with Gasteiger partial charge in [-0.1, -0.05) is 12.1 Å². The van der Waals surface area contributed by atoms with Gasteiger partial charge in [0.15, 0.2) is 0 Å². The number of benzene rings is 2. The van der Waals surface area contributed by atoms with E-state index in [0.717, 1.165) is 18.2 Å². The number of aliphatic hydroxyl groups is 1. The van der Waals surface area contributed by atoms with Gasteiger partial charge in [-0.2, -0.15) is 5.10 Å². The average Bonchev–Trinajstić information content (AvgIpc) is 2.91. The van der Waals surface area contributed by atoms with Crippen LogP contribution in [0.2, 0.25) is 0 Å². The molecule has 0 aliphatic carbocycles. The Bertz CT molecular complexity index is 995. The highest BCUT2D eigenvalue weighted by atomic mass is 19.4. The fraction of sp³-hybridized carbons (Fsp3) is 0.167. The molecule has 0 fully saturated rings. The Morgan fingerprint density at radius 1 is 1.11 bits per heavy atom. The van der Waals surface area contributed by atoms with Crippen LogP contribution in [-0.2, 0) is 6.54 Å². The first-order valence-corrected chi connectivity index (χ1v) is 7.74. The van der Waals surface area contributed by atoms with Gasteiger partial charge >= 0.3 is 6.36 Å². The maximum Gasteiger partial charge on any atom is 0.573 e. The molecule has 0 radical (unpaired) electrons. The van der Waals surface area contributed by atoms with Crippen molar-refractivity contribution in [1.82, 2.24) is 9.78 Å². The van der Waals surface area contributed by atoms with Crippen LogP contribution in [0.4, 0.5) is 22.0 Å². The van der Waals surface area contributed by atoms with Crippen molar-refractivity contribution in [3.8, 4) is 5.75 Å². The number of ether oxygens (including phenoxy) is 1. The van der Waals surface area contributed by atoms with E-state index in [9.17, 15) is 22.0 Å². The first-order valence-electron chi connectivity index (χ1n) is 7.74. The van der Waals surface area contributed by atoms with Crippen LogP contribution in [0.3, 0.4) is 0 Å². The van der Waals surface area contributed by atoms with Gasteiger partial charge in [-0.15, -0.1) is 13.2 Å². The minimum atomic E-state index is -4.86. The zero-order valence-corrected chi connectivity index (χ0v) is 13.7. The number of aromatic nitrogens is 2. The SMILES string of the molecule is OC/C=C/c1nn(Cc2ccc(F)cc2F)c2cc(OC(F)(F)F)ccc12. The zero-order chi connectivity index (χ0) is 19.6. The third-order valence-electron chi connectivity index (χ3n) is 3.70. The molecule has 3 aromatic rings. The molecule has 4 nitrogen and oxygen atoms in total. The van der Waals surface area contributed by atoms with E-state index in [1.54, 1.807) is 0 Å².